The zero-order valence-electron chi connectivity index (χ0n) is 11.5. The maximum absolute atomic E-state index is 5.90. The molecule has 3 rings (SSSR count). The number of hydrogen-bond donors (Lipinski definition) is 1. The zero-order valence-corrected chi connectivity index (χ0v) is 13.1. The average Bonchev–Trinajstić information content (AvgIpc) is 2.88. The van der Waals surface area contributed by atoms with Crippen molar-refractivity contribution >= 4 is 34.4 Å². The summed E-state index contributed by atoms with van der Waals surface area (Å²) in [6.07, 6.45) is 1.04. The molecule has 0 saturated carbocycles. The molecule has 104 valence electrons. The van der Waals surface area contributed by atoms with Gasteiger partial charge in [0, 0.05) is 18.0 Å². The fraction of sp³-hybridized carbons (Fsp3) is 0.357. The van der Waals surface area contributed by atoms with E-state index in [2.05, 4.69) is 26.5 Å². The minimum atomic E-state index is 0.395. The summed E-state index contributed by atoms with van der Waals surface area (Å²) >= 11 is 7.04. The number of aryl methyl sites for hydroxylation is 1. The first-order valence-electron chi connectivity index (χ1n) is 6.52. The predicted octanol–water partition coefficient (Wildman–Crippen LogP) is 2.35. The molecule has 0 bridgehead atoms. The highest BCUT2D eigenvalue weighted by Crippen LogP contribution is 2.29. The van der Waals surface area contributed by atoms with E-state index in [9.17, 15) is 0 Å². The number of rotatable bonds is 2. The van der Waals surface area contributed by atoms with E-state index in [1.54, 1.807) is 0 Å². The first-order chi connectivity index (χ1) is 9.58. The Kier molecular flexibility index (Phi) is 3.43. The van der Waals surface area contributed by atoms with Crippen LogP contribution in [0, 0.1) is 13.8 Å². The van der Waals surface area contributed by atoms with Crippen LogP contribution in [0.15, 0.2) is 11.4 Å². The van der Waals surface area contributed by atoms with Gasteiger partial charge in [0.25, 0.3) is 0 Å². The lowest BCUT2D eigenvalue weighted by Gasteiger charge is -2.29. The highest BCUT2D eigenvalue weighted by atomic mass is 32.1. The SMILES string of the molecule is Cc1nnc(N2CCc3sccc3C2)c(C(N)=S)c1C. The molecule has 0 fully saturated rings. The van der Waals surface area contributed by atoms with Crippen molar-refractivity contribution in [3.8, 4) is 0 Å². The Balaban J connectivity index is 2.03. The summed E-state index contributed by atoms with van der Waals surface area (Å²) in [5.74, 6) is 0.817. The molecule has 0 amide bonds. The fourth-order valence-corrected chi connectivity index (χ4v) is 3.68. The van der Waals surface area contributed by atoms with Crippen LogP contribution in [0.5, 0.6) is 0 Å². The zero-order chi connectivity index (χ0) is 14.3. The van der Waals surface area contributed by atoms with Gasteiger partial charge < -0.3 is 10.6 Å². The van der Waals surface area contributed by atoms with Gasteiger partial charge in [-0.25, -0.2) is 0 Å². The van der Waals surface area contributed by atoms with Crippen LogP contribution in [-0.2, 0) is 13.0 Å². The maximum Gasteiger partial charge on any atom is 0.162 e. The van der Waals surface area contributed by atoms with Crippen molar-refractivity contribution < 1.29 is 0 Å². The molecule has 0 spiro atoms. The predicted molar refractivity (Wildman–Crippen MR) is 86.5 cm³/mol. The topological polar surface area (TPSA) is 55.0 Å². The van der Waals surface area contributed by atoms with Gasteiger partial charge in [0.2, 0.25) is 0 Å². The first-order valence-corrected chi connectivity index (χ1v) is 7.80. The molecule has 0 atom stereocenters. The lowest BCUT2D eigenvalue weighted by atomic mass is 10.1. The summed E-state index contributed by atoms with van der Waals surface area (Å²) in [5, 5.41) is 10.7. The van der Waals surface area contributed by atoms with Crippen LogP contribution in [0.4, 0.5) is 5.82 Å². The smallest absolute Gasteiger partial charge is 0.162 e. The van der Waals surface area contributed by atoms with Crippen LogP contribution in [0.1, 0.15) is 27.3 Å². The Bertz CT molecular complexity index is 678. The van der Waals surface area contributed by atoms with Gasteiger partial charge in [-0.05, 0) is 42.8 Å². The Morgan fingerprint density at radius 2 is 2.20 bits per heavy atom. The molecule has 1 aliphatic rings. The number of fused-ring (bicyclic) bond motifs is 1. The van der Waals surface area contributed by atoms with E-state index in [1.165, 1.54) is 10.4 Å². The minimum absolute atomic E-state index is 0.395. The van der Waals surface area contributed by atoms with E-state index >= 15 is 0 Å². The summed E-state index contributed by atoms with van der Waals surface area (Å²) in [4.78, 5) is 4.09. The molecule has 4 nitrogen and oxygen atoms in total. The summed E-state index contributed by atoms with van der Waals surface area (Å²) < 4.78 is 0. The minimum Gasteiger partial charge on any atom is -0.389 e. The summed E-state index contributed by atoms with van der Waals surface area (Å²) in [6.45, 7) is 5.72. The molecule has 2 aromatic rings. The fourth-order valence-electron chi connectivity index (χ4n) is 2.54. The van der Waals surface area contributed by atoms with Crippen LogP contribution in [0.25, 0.3) is 0 Å². The summed E-state index contributed by atoms with van der Waals surface area (Å²) in [6, 6.07) is 2.18. The van der Waals surface area contributed by atoms with Gasteiger partial charge in [-0.3, -0.25) is 0 Å². The molecular weight excluding hydrogens is 288 g/mol. The highest BCUT2D eigenvalue weighted by molar-refractivity contribution is 7.80. The molecular formula is C14H16N4S2. The van der Waals surface area contributed by atoms with Gasteiger partial charge in [-0.2, -0.15) is 5.10 Å². The number of hydrogen-bond acceptors (Lipinski definition) is 5. The molecule has 0 aliphatic carbocycles. The van der Waals surface area contributed by atoms with E-state index in [0.717, 1.165) is 42.1 Å². The van der Waals surface area contributed by atoms with Crippen LogP contribution in [0.3, 0.4) is 0 Å². The molecule has 0 unspecified atom stereocenters. The molecule has 0 radical (unpaired) electrons. The van der Waals surface area contributed by atoms with E-state index < -0.39 is 0 Å². The van der Waals surface area contributed by atoms with Crippen LogP contribution in [0.2, 0.25) is 0 Å². The lowest BCUT2D eigenvalue weighted by Crippen LogP contribution is -2.33. The third-order valence-electron chi connectivity index (χ3n) is 3.79. The monoisotopic (exact) mass is 304 g/mol. The van der Waals surface area contributed by atoms with Gasteiger partial charge >= 0.3 is 0 Å². The maximum atomic E-state index is 5.90. The second kappa shape index (κ2) is 5.10. The van der Waals surface area contributed by atoms with Crippen molar-refractivity contribution in [1.82, 2.24) is 10.2 Å². The average molecular weight is 304 g/mol. The van der Waals surface area contributed by atoms with Crippen molar-refractivity contribution in [3.63, 3.8) is 0 Å². The number of thiocarbonyl (C=S) groups is 1. The number of thiophene rings is 1. The molecule has 0 aromatic carbocycles. The van der Waals surface area contributed by atoms with Gasteiger partial charge in [0.1, 0.15) is 4.99 Å². The standard InChI is InChI=1S/C14H16N4S2/c1-8-9(2)16-17-14(12(8)13(15)19)18-5-3-11-10(7-18)4-6-20-11/h4,6H,3,5,7H2,1-2H3,(H2,15,19). The van der Waals surface area contributed by atoms with E-state index in [1.807, 2.05) is 25.2 Å². The third-order valence-corrected chi connectivity index (χ3v) is 5.02. The normalized spacial score (nSPS) is 14.2. The van der Waals surface area contributed by atoms with Crippen LogP contribution < -0.4 is 10.6 Å². The van der Waals surface area contributed by atoms with Crippen molar-refractivity contribution in [2.75, 3.05) is 11.4 Å². The van der Waals surface area contributed by atoms with Crippen molar-refractivity contribution in [2.24, 2.45) is 5.73 Å². The van der Waals surface area contributed by atoms with E-state index in [4.69, 9.17) is 18.0 Å². The van der Waals surface area contributed by atoms with Crippen molar-refractivity contribution in [1.29, 1.82) is 0 Å². The second-order valence-corrected chi connectivity index (χ2v) is 6.45. The van der Waals surface area contributed by atoms with Gasteiger partial charge in [0.15, 0.2) is 5.82 Å². The van der Waals surface area contributed by atoms with Gasteiger partial charge in [-0.15, -0.1) is 16.4 Å². The second-order valence-electron chi connectivity index (χ2n) is 5.01. The molecule has 2 N–H and O–H groups in total. The number of aromatic nitrogens is 2. The largest absolute Gasteiger partial charge is 0.389 e. The number of anilines is 1. The molecule has 3 heterocycles. The molecule has 20 heavy (non-hydrogen) atoms. The van der Waals surface area contributed by atoms with Gasteiger partial charge in [-0.1, -0.05) is 12.2 Å². The van der Waals surface area contributed by atoms with Crippen molar-refractivity contribution in [3.05, 3.63) is 38.7 Å². The highest BCUT2D eigenvalue weighted by Gasteiger charge is 2.23. The van der Waals surface area contributed by atoms with E-state index in [-0.39, 0.29) is 0 Å². The number of nitrogens with zero attached hydrogens (tertiary/aromatic N) is 3. The Hall–Kier alpha value is -1.53. The third kappa shape index (κ3) is 2.19. The summed E-state index contributed by atoms with van der Waals surface area (Å²) in [5.41, 5.74) is 10.0. The molecule has 0 saturated heterocycles. The quantitative estimate of drug-likeness (QED) is 0.863. The molecule has 2 aromatic heterocycles. The Morgan fingerprint density at radius 3 is 2.95 bits per heavy atom. The Morgan fingerprint density at radius 1 is 1.40 bits per heavy atom. The molecule has 1 aliphatic heterocycles. The van der Waals surface area contributed by atoms with Gasteiger partial charge in [0.05, 0.1) is 11.3 Å². The lowest BCUT2D eigenvalue weighted by molar-refractivity contribution is 0.719. The number of nitrogens with two attached hydrogens (primary N) is 1. The van der Waals surface area contributed by atoms with Crippen LogP contribution >= 0.6 is 23.6 Å². The molecule has 6 heteroatoms. The van der Waals surface area contributed by atoms with E-state index in [0.29, 0.717) is 4.99 Å². The van der Waals surface area contributed by atoms with Crippen molar-refractivity contribution in [2.45, 2.75) is 26.8 Å². The Labute approximate surface area is 127 Å². The first kappa shape index (κ1) is 13.5. The summed E-state index contributed by atoms with van der Waals surface area (Å²) in [7, 11) is 0. The van der Waals surface area contributed by atoms with Crippen LogP contribution in [-0.4, -0.2) is 21.7 Å².